The second-order valence-electron chi connectivity index (χ2n) is 6.02. The Hall–Kier alpha value is -0.870. The van der Waals surface area contributed by atoms with Crippen molar-refractivity contribution in [2.24, 2.45) is 0 Å². The lowest BCUT2D eigenvalue weighted by atomic mass is 9.93. The third-order valence-electron chi connectivity index (χ3n) is 3.32. The van der Waals surface area contributed by atoms with Crippen LogP contribution in [-0.2, 0) is 11.3 Å². The Morgan fingerprint density at radius 2 is 2.11 bits per heavy atom. The number of hydrogen-bond donors (Lipinski definition) is 1. The average Bonchev–Trinajstić information content (AvgIpc) is 2.77. The standard InChI is InChI=1S/C14H25N3O/c1-14(2,3)18-9-8-17-11-13(10-16-17)12-4-6-15-7-5-12/h10-12,15H,4-9H2,1-3H3. The fourth-order valence-corrected chi connectivity index (χ4v) is 2.31. The highest BCUT2D eigenvalue weighted by Gasteiger charge is 2.16. The van der Waals surface area contributed by atoms with Gasteiger partial charge >= 0.3 is 0 Å². The van der Waals surface area contributed by atoms with Crippen molar-refractivity contribution >= 4 is 0 Å². The van der Waals surface area contributed by atoms with Gasteiger partial charge in [0.15, 0.2) is 0 Å². The lowest BCUT2D eigenvalue weighted by Gasteiger charge is -2.21. The number of hydrogen-bond acceptors (Lipinski definition) is 3. The van der Waals surface area contributed by atoms with Gasteiger partial charge in [-0.05, 0) is 58.2 Å². The summed E-state index contributed by atoms with van der Waals surface area (Å²) in [5, 5.41) is 7.82. The zero-order chi connectivity index (χ0) is 13.0. The van der Waals surface area contributed by atoms with Crippen molar-refractivity contribution in [1.29, 1.82) is 0 Å². The van der Waals surface area contributed by atoms with Crippen LogP contribution in [-0.4, -0.2) is 35.1 Å². The molecule has 0 unspecified atom stereocenters. The molecule has 1 aliphatic rings. The minimum atomic E-state index is -0.0645. The molecule has 1 aromatic heterocycles. The molecule has 1 N–H and O–H groups in total. The molecule has 102 valence electrons. The van der Waals surface area contributed by atoms with E-state index in [1.54, 1.807) is 0 Å². The molecule has 0 aromatic carbocycles. The highest BCUT2D eigenvalue weighted by Crippen LogP contribution is 2.24. The summed E-state index contributed by atoms with van der Waals surface area (Å²) >= 11 is 0. The summed E-state index contributed by atoms with van der Waals surface area (Å²) in [6.45, 7) is 10.1. The fourth-order valence-electron chi connectivity index (χ4n) is 2.31. The Morgan fingerprint density at radius 1 is 1.39 bits per heavy atom. The Labute approximate surface area is 110 Å². The number of nitrogens with zero attached hydrogens (tertiary/aromatic N) is 2. The Bertz CT molecular complexity index is 361. The molecule has 0 spiro atoms. The molecule has 4 heteroatoms. The van der Waals surface area contributed by atoms with Gasteiger partial charge in [0.05, 0.1) is 24.9 Å². The van der Waals surface area contributed by atoms with E-state index in [9.17, 15) is 0 Å². The molecule has 0 saturated carbocycles. The van der Waals surface area contributed by atoms with Gasteiger partial charge in [-0.3, -0.25) is 4.68 Å². The van der Waals surface area contributed by atoms with Crippen molar-refractivity contribution in [3.05, 3.63) is 18.0 Å². The third-order valence-corrected chi connectivity index (χ3v) is 3.32. The lowest BCUT2D eigenvalue weighted by Crippen LogP contribution is -2.26. The van der Waals surface area contributed by atoms with Crippen LogP contribution >= 0.6 is 0 Å². The maximum atomic E-state index is 5.72. The molecule has 2 heterocycles. The minimum Gasteiger partial charge on any atom is -0.374 e. The van der Waals surface area contributed by atoms with E-state index in [0.717, 1.165) is 26.2 Å². The quantitative estimate of drug-likeness (QED) is 0.891. The summed E-state index contributed by atoms with van der Waals surface area (Å²) in [5.74, 6) is 0.684. The summed E-state index contributed by atoms with van der Waals surface area (Å²) in [6, 6.07) is 0. The maximum Gasteiger partial charge on any atom is 0.0669 e. The van der Waals surface area contributed by atoms with Crippen molar-refractivity contribution < 1.29 is 4.74 Å². The largest absolute Gasteiger partial charge is 0.374 e. The van der Waals surface area contributed by atoms with Gasteiger partial charge in [-0.15, -0.1) is 0 Å². The van der Waals surface area contributed by atoms with Crippen molar-refractivity contribution in [1.82, 2.24) is 15.1 Å². The van der Waals surface area contributed by atoms with Gasteiger partial charge in [0.25, 0.3) is 0 Å². The van der Waals surface area contributed by atoms with E-state index in [1.165, 1.54) is 18.4 Å². The van der Waals surface area contributed by atoms with Gasteiger partial charge in [-0.2, -0.15) is 5.10 Å². The number of aromatic nitrogens is 2. The van der Waals surface area contributed by atoms with Gasteiger partial charge in [0, 0.05) is 6.20 Å². The SMILES string of the molecule is CC(C)(C)OCCn1cc(C2CCNCC2)cn1. The normalized spacial score (nSPS) is 18.2. The van der Waals surface area contributed by atoms with E-state index in [1.807, 2.05) is 10.9 Å². The highest BCUT2D eigenvalue weighted by atomic mass is 16.5. The van der Waals surface area contributed by atoms with Gasteiger partial charge in [-0.1, -0.05) is 0 Å². The first kappa shape index (κ1) is 13.6. The molecule has 0 radical (unpaired) electrons. The van der Waals surface area contributed by atoms with Crippen LogP contribution in [0, 0.1) is 0 Å². The summed E-state index contributed by atoms with van der Waals surface area (Å²) < 4.78 is 7.72. The summed E-state index contributed by atoms with van der Waals surface area (Å²) in [5.41, 5.74) is 1.32. The third kappa shape index (κ3) is 4.10. The smallest absolute Gasteiger partial charge is 0.0669 e. The van der Waals surface area contributed by atoms with E-state index >= 15 is 0 Å². The molecule has 0 bridgehead atoms. The van der Waals surface area contributed by atoms with Crippen LogP contribution in [0.25, 0.3) is 0 Å². The van der Waals surface area contributed by atoms with Crippen LogP contribution in [0.1, 0.15) is 45.1 Å². The van der Waals surface area contributed by atoms with Crippen molar-refractivity contribution in [3.8, 4) is 0 Å². The second kappa shape index (κ2) is 5.85. The van der Waals surface area contributed by atoms with E-state index in [0.29, 0.717) is 5.92 Å². The molecule has 4 nitrogen and oxygen atoms in total. The van der Waals surface area contributed by atoms with E-state index in [-0.39, 0.29) is 5.60 Å². The Balaban J connectivity index is 1.82. The first-order valence-electron chi connectivity index (χ1n) is 6.92. The molecule has 0 aliphatic carbocycles. The molecular weight excluding hydrogens is 226 g/mol. The molecule has 1 fully saturated rings. The predicted molar refractivity (Wildman–Crippen MR) is 72.8 cm³/mol. The Morgan fingerprint density at radius 3 is 2.78 bits per heavy atom. The van der Waals surface area contributed by atoms with Crippen LogP contribution in [0.2, 0.25) is 0 Å². The topological polar surface area (TPSA) is 39.1 Å². The van der Waals surface area contributed by atoms with Gasteiger partial charge in [-0.25, -0.2) is 0 Å². The molecule has 1 saturated heterocycles. The summed E-state index contributed by atoms with van der Waals surface area (Å²) in [7, 11) is 0. The summed E-state index contributed by atoms with van der Waals surface area (Å²) in [4.78, 5) is 0. The van der Waals surface area contributed by atoms with Crippen LogP contribution in [0.3, 0.4) is 0 Å². The highest BCUT2D eigenvalue weighted by molar-refractivity contribution is 5.12. The first-order valence-corrected chi connectivity index (χ1v) is 6.92. The van der Waals surface area contributed by atoms with E-state index in [4.69, 9.17) is 4.74 Å². The van der Waals surface area contributed by atoms with Crippen LogP contribution in [0.5, 0.6) is 0 Å². The Kier molecular flexibility index (Phi) is 4.40. The van der Waals surface area contributed by atoms with E-state index < -0.39 is 0 Å². The number of nitrogens with one attached hydrogen (secondary N) is 1. The molecule has 1 aromatic rings. The molecular formula is C14H25N3O. The molecule has 2 rings (SSSR count). The first-order chi connectivity index (χ1) is 8.54. The monoisotopic (exact) mass is 251 g/mol. The molecule has 0 atom stereocenters. The van der Waals surface area contributed by atoms with Crippen LogP contribution in [0.15, 0.2) is 12.4 Å². The fraction of sp³-hybridized carbons (Fsp3) is 0.786. The molecule has 18 heavy (non-hydrogen) atoms. The lowest BCUT2D eigenvalue weighted by molar-refractivity contribution is -0.00790. The van der Waals surface area contributed by atoms with Crippen molar-refractivity contribution in [3.63, 3.8) is 0 Å². The van der Waals surface area contributed by atoms with Gasteiger partial charge in [0.1, 0.15) is 0 Å². The number of piperidine rings is 1. The predicted octanol–water partition coefficient (Wildman–Crippen LogP) is 2.17. The second-order valence-corrected chi connectivity index (χ2v) is 6.02. The number of ether oxygens (including phenoxy) is 1. The van der Waals surface area contributed by atoms with Gasteiger partial charge in [0.2, 0.25) is 0 Å². The van der Waals surface area contributed by atoms with E-state index in [2.05, 4.69) is 37.4 Å². The minimum absolute atomic E-state index is 0.0645. The van der Waals surface area contributed by atoms with Crippen LogP contribution in [0.4, 0.5) is 0 Å². The molecule has 1 aliphatic heterocycles. The zero-order valence-corrected chi connectivity index (χ0v) is 11.8. The maximum absolute atomic E-state index is 5.72. The molecule has 0 amide bonds. The van der Waals surface area contributed by atoms with Crippen molar-refractivity contribution in [2.45, 2.75) is 51.7 Å². The summed E-state index contributed by atoms with van der Waals surface area (Å²) in [6.07, 6.45) is 6.66. The zero-order valence-electron chi connectivity index (χ0n) is 11.8. The van der Waals surface area contributed by atoms with Crippen LogP contribution < -0.4 is 5.32 Å². The van der Waals surface area contributed by atoms with Crippen molar-refractivity contribution in [2.75, 3.05) is 19.7 Å². The average molecular weight is 251 g/mol. The van der Waals surface area contributed by atoms with Gasteiger partial charge < -0.3 is 10.1 Å². The number of rotatable bonds is 4.